The zero-order valence-corrected chi connectivity index (χ0v) is 24.2. The Morgan fingerprint density at radius 3 is 1.85 bits per heavy atom. The Kier molecular flexibility index (Phi) is 12.1. The van der Waals surface area contributed by atoms with Gasteiger partial charge in [-0.1, -0.05) is 106 Å². The van der Waals surface area contributed by atoms with E-state index in [1.54, 1.807) is 7.11 Å². The molecule has 0 radical (unpaired) electrons. The standard InChI is InChI=1S/C35H45NO3/c1-5-8-9-10-11-18-27-35(34(37)39-7-3,36(6-2)31-23-25-32(38-4)26-24-31)28-33(29-19-14-12-15-20-29)30-21-16-13-17-22-30/h12-17,19-26,28H,5-11,18,27H2,1-4H3. The van der Waals surface area contributed by atoms with Gasteiger partial charge in [0.1, 0.15) is 5.75 Å². The molecule has 3 aromatic rings. The lowest BCUT2D eigenvalue weighted by Gasteiger charge is -2.42. The van der Waals surface area contributed by atoms with E-state index in [1.165, 1.54) is 25.7 Å². The van der Waals surface area contributed by atoms with E-state index < -0.39 is 5.54 Å². The van der Waals surface area contributed by atoms with Crippen LogP contribution in [-0.2, 0) is 9.53 Å². The van der Waals surface area contributed by atoms with E-state index >= 15 is 0 Å². The lowest BCUT2D eigenvalue weighted by atomic mass is 9.83. The second-order valence-corrected chi connectivity index (χ2v) is 9.89. The van der Waals surface area contributed by atoms with E-state index in [4.69, 9.17) is 9.47 Å². The van der Waals surface area contributed by atoms with Crippen LogP contribution in [0.5, 0.6) is 5.75 Å². The first-order chi connectivity index (χ1) is 19.1. The summed E-state index contributed by atoms with van der Waals surface area (Å²) in [7, 11) is 1.67. The predicted molar refractivity (Wildman–Crippen MR) is 163 cm³/mol. The molecule has 3 rings (SSSR count). The highest BCUT2D eigenvalue weighted by atomic mass is 16.5. The zero-order chi connectivity index (χ0) is 27.9. The highest BCUT2D eigenvalue weighted by molar-refractivity contribution is 5.93. The number of esters is 1. The lowest BCUT2D eigenvalue weighted by Crippen LogP contribution is -2.55. The molecule has 0 saturated heterocycles. The third kappa shape index (κ3) is 7.98. The number of ether oxygens (including phenoxy) is 2. The van der Waals surface area contributed by atoms with Gasteiger partial charge in [-0.25, -0.2) is 4.79 Å². The number of anilines is 1. The van der Waals surface area contributed by atoms with Crippen molar-refractivity contribution in [2.75, 3.05) is 25.2 Å². The molecule has 3 aromatic carbocycles. The van der Waals surface area contributed by atoms with Crippen molar-refractivity contribution in [3.05, 3.63) is 102 Å². The van der Waals surface area contributed by atoms with Crippen LogP contribution in [0.1, 0.15) is 76.8 Å². The van der Waals surface area contributed by atoms with Gasteiger partial charge in [-0.2, -0.15) is 0 Å². The Morgan fingerprint density at radius 2 is 1.33 bits per heavy atom. The van der Waals surface area contributed by atoms with E-state index in [1.807, 2.05) is 67.6 Å². The second kappa shape index (κ2) is 15.8. The fourth-order valence-electron chi connectivity index (χ4n) is 5.25. The van der Waals surface area contributed by atoms with Crippen molar-refractivity contribution in [2.24, 2.45) is 0 Å². The van der Waals surface area contributed by atoms with Crippen molar-refractivity contribution in [3.8, 4) is 5.75 Å². The van der Waals surface area contributed by atoms with Gasteiger partial charge in [0, 0.05) is 12.2 Å². The molecule has 39 heavy (non-hydrogen) atoms. The SMILES string of the molecule is CCCCCCCCC(C=C(c1ccccc1)c1ccccc1)(C(=O)OCC)N(CC)c1ccc(OC)cc1. The van der Waals surface area contributed by atoms with Crippen molar-refractivity contribution in [3.63, 3.8) is 0 Å². The molecule has 4 nitrogen and oxygen atoms in total. The predicted octanol–water partition coefficient (Wildman–Crippen LogP) is 8.71. The quantitative estimate of drug-likeness (QED) is 0.138. The van der Waals surface area contributed by atoms with Gasteiger partial charge in [-0.3, -0.25) is 0 Å². The molecule has 0 N–H and O–H groups in total. The van der Waals surface area contributed by atoms with E-state index in [0.717, 1.165) is 41.0 Å². The Labute approximate surface area is 235 Å². The van der Waals surface area contributed by atoms with E-state index in [9.17, 15) is 4.79 Å². The van der Waals surface area contributed by atoms with Crippen molar-refractivity contribution in [2.45, 2.75) is 71.3 Å². The zero-order valence-electron chi connectivity index (χ0n) is 24.2. The first kappa shape index (κ1) is 30.0. The monoisotopic (exact) mass is 527 g/mol. The van der Waals surface area contributed by atoms with Crippen LogP contribution in [0.2, 0.25) is 0 Å². The molecule has 4 heteroatoms. The van der Waals surface area contributed by atoms with E-state index in [0.29, 0.717) is 19.6 Å². The molecule has 0 amide bonds. The number of carbonyl (C=O) groups excluding carboxylic acids is 1. The van der Waals surface area contributed by atoms with Gasteiger partial charge in [0.05, 0.1) is 13.7 Å². The molecule has 0 saturated carbocycles. The third-order valence-corrected chi connectivity index (χ3v) is 7.28. The average molecular weight is 528 g/mol. The lowest BCUT2D eigenvalue weighted by molar-refractivity contribution is -0.148. The number of unbranched alkanes of at least 4 members (excludes halogenated alkanes) is 5. The first-order valence-electron chi connectivity index (χ1n) is 14.5. The van der Waals surface area contributed by atoms with Crippen LogP contribution in [0.15, 0.2) is 91.0 Å². The molecular formula is C35H45NO3. The number of hydrogen-bond donors (Lipinski definition) is 0. The van der Waals surface area contributed by atoms with Crippen LogP contribution in [0.3, 0.4) is 0 Å². The minimum absolute atomic E-state index is 0.208. The number of nitrogens with zero attached hydrogens (tertiary/aromatic N) is 1. The minimum atomic E-state index is -0.981. The fourth-order valence-corrected chi connectivity index (χ4v) is 5.25. The van der Waals surface area contributed by atoms with Crippen LogP contribution in [0, 0.1) is 0 Å². The van der Waals surface area contributed by atoms with Crippen molar-refractivity contribution in [1.82, 2.24) is 0 Å². The summed E-state index contributed by atoms with van der Waals surface area (Å²) in [6.07, 6.45) is 9.74. The number of hydrogen-bond acceptors (Lipinski definition) is 4. The Bertz CT molecular complexity index is 1100. The summed E-state index contributed by atoms with van der Waals surface area (Å²) >= 11 is 0. The van der Waals surface area contributed by atoms with Crippen LogP contribution in [0.4, 0.5) is 5.69 Å². The smallest absolute Gasteiger partial charge is 0.336 e. The molecule has 0 bridgehead atoms. The molecule has 1 atom stereocenters. The van der Waals surface area contributed by atoms with E-state index in [-0.39, 0.29) is 5.97 Å². The van der Waals surface area contributed by atoms with Crippen molar-refractivity contribution in [1.29, 1.82) is 0 Å². The molecule has 0 aliphatic heterocycles. The Morgan fingerprint density at radius 1 is 0.769 bits per heavy atom. The second-order valence-electron chi connectivity index (χ2n) is 9.89. The molecular weight excluding hydrogens is 482 g/mol. The highest BCUT2D eigenvalue weighted by Crippen LogP contribution is 2.37. The number of methoxy groups -OCH3 is 1. The highest BCUT2D eigenvalue weighted by Gasteiger charge is 2.43. The Balaban J connectivity index is 2.21. The summed E-state index contributed by atoms with van der Waals surface area (Å²) in [5.41, 5.74) is 3.17. The number of benzene rings is 3. The Hall–Kier alpha value is -3.53. The summed E-state index contributed by atoms with van der Waals surface area (Å²) < 4.78 is 11.3. The summed E-state index contributed by atoms with van der Waals surface area (Å²) in [6, 6.07) is 28.7. The molecule has 0 aliphatic rings. The van der Waals surface area contributed by atoms with Gasteiger partial charge < -0.3 is 14.4 Å². The van der Waals surface area contributed by atoms with Gasteiger partial charge in [0.15, 0.2) is 5.54 Å². The maximum atomic E-state index is 14.2. The van der Waals surface area contributed by atoms with Crippen molar-refractivity contribution < 1.29 is 14.3 Å². The first-order valence-corrected chi connectivity index (χ1v) is 14.5. The van der Waals surface area contributed by atoms with Crippen LogP contribution in [-0.4, -0.2) is 31.8 Å². The summed E-state index contributed by atoms with van der Waals surface area (Å²) in [5.74, 6) is 0.581. The van der Waals surface area contributed by atoms with Crippen LogP contribution < -0.4 is 9.64 Å². The van der Waals surface area contributed by atoms with Crippen LogP contribution >= 0.6 is 0 Å². The molecule has 208 valence electrons. The van der Waals surface area contributed by atoms with Crippen LogP contribution in [0.25, 0.3) is 5.57 Å². The molecule has 0 aromatic heterocycles. The third-order valence-electron chi connectivity index (χ3n) is 7.28. The number of rotatable bonds is 16. The van der Waals surface area contributed by atoms with Gasteiger partial charge >= 0.3 is 5.97 Å². The van der Waals surface area contributed by atoms with Gasteiger partial charge in [0.25, 0.3) is 0 Å². The van der Waals surface area contributed by atoms with Crippen molar-refractivity contribution >= 4 is 17.2 Å². The summed E-state index contributed by atoms with van der Waals surface area (Å²) in [5, 5.41) is 0. The molecule has 1 unspecified atom stereocenters. The van der Waals surface area contributed by atoms with E-state index in [2.05, 4.69) is 49.1 Å². The maximum absolute atomic E-state index is 14.2. The summed E-state index contributed by atoms with van der Waals surface area (Å²) in [4.78, 5) is 16.4. The topological polar surface area (TPSA) is 38.8 Å². The average Bonchev–Trinajstić information content (AvgIpc) is 2.99. The van der Waals surface area contributed by atoms with Gasteiger partial charge in [-0.05, 0) is 67.3 Å². The molecule has 0 heterocycles. The fraction of sp³-hybridized carbons (Fsp3) is 0.400. The maximum Gasteiger partial charge on any atom is 0.336 e. The summed E-state index contributed by atoms with van der Waals surface area (Å²) in [6.45, 7) is 7.21. The number of likely N-dealkylation sites (N-methyl/N-ethyl adjacent to an activating group) is 1. The largest absolute Gasteiger partial charge is 0.497 e. The number of carbonyl (C=O) groups is 1. The minimum Gasteiger partial charge on any atom is -0.497 e. The van der Waals surface area contributed by atoms with Gasteiger partial charge in [-0.15, -0.1) is 0 Å². The van der Waals surface area contributed by atoms with Gasteiger partial charge in [0.2, 0.25) is 0 Å². The molecule has 0 spiro atoms. The normalized spacial score (nSPS) is 12.3. The molecule has 0 fully saturated rings. The molecule has 0 aliphatic carbocycles.